The summed E-state index contributed by atoms with van der Waals surface area (Å²) >= 11 is 0. The van der Waals surface area contributed by atoms with Crippen molar-refractivity contribution in [3.05, 3.63) is 81.7 Å². The van der Waals surface area contributed by atoms with Crippen molar-refractivity contribution in [3.63, 3.8) is 0 Å². The molecule has 3 amide bonds. The number of ketones is 3. The van der Waals surface area contributed by atoms with E-state index in [4.69, 9.17) is 14.2 Å². The molecule has 2 aliphatic heterocycles. The van der Waals surface area contributed by atoms with Gasteiger partial charge >= 0.3 is 0 Å². The first-order valence-corrected chi connectivity index (χ1v) is 19.1. The number of phenolic OH excluding ortho intramolecular Hbond substituents is 2. The number of hydrogen-bond acceptors (Lipinski definition) is 15. The van der Waals surface area contributed by atoms with Gasteiger partial charge in [0.15, 0.2) is 17.9 Å². The van der Waals surface area contributed by atoms with Crippen LogP contribution in [-0.2, 0) is 30.3 Å². The van der Waals surface area contributed by atoms with Crippen LogP contribution >= 0.6 is 0 Å². The fraction of sp³-hybridized carbons (Fsp3) is 0.439. The highest BCUT2D eigenvalue weighted by molar-refractivity contribution is 6.31. The number of ether oxygens (including phenoxy) is 3. The first-order chi connectivity index (χ1) is 28.1. The van der Waals surface area contributed by atoms with E-state index in [2.05, 4.69) is 15.6 Å². The number of hydrogen-bond donors (Lipinski definition) is 7. The quantitative estimate of drug-likeness (QED) is 0.107. The lowest BCUT2D eigenvalue weighted by atomic mass is 9.72. The smallest absolute Gasteiger partial charge is 0.252 e. The number of nitrogens with one attached hydrogen (secondary N) is 2. The number of aliphatic hydroxyl groups excluding tert-OH is 2. The number of phenols is 2. The van der Waals surface area contributed by atoms with Gasteiger partial charge in [0.1, 0.15) is 47.6 Å². The standard InChI is InChI=1S/C41H44N4O14/c1-18(43-38(53)20-9-11-42-12-10-20)40(55)45-13-5-7-24(45)39(54)44-23-14-28(58-19(2)33(23)48)59-26-16-41(56,27(47)17-46)15-22-30(26)37(52)32-31(35(22)50)34(49)21-6-4-8-25(57-3)29(21)36(32)51/h4,6,8-12,18-19,23-24,26,28,33,46,48,50,52,56H,5,7,13-17H2,1-3H3,(H,43,53)(H,44,54)/t18?,19-,23-,24+,26-,28-,33+,41-/m0/s1. The molecule has 18 nitrogen and oxygen atoms in total. The lowest BCUT2D eigenvalue weighted by Crippen LogP contribution is -2.59. The van der Waals surface area contributed by atoms with E-state index in [9.17, 15) is 54.3 Å². The van der Waals surface area contributed by atoms with Gasteiger partial charge < -0.3 is 55.3 Å². The summed E-state index contributed by atoms with van der Waals surface area (Å²) in [6.07, 6.45) is -2.91. The minimum atomic E-state index is -2.38. The zero-order valence-electron chi connectivity index (χ0n) is 32.3. The van der Waals surface area contributed by atoms with E-state index in [-0.39, 0.29) is 41.0 Å². The predicted molar refractivity (Wildman–Crippen MR) is 202 cm³/mol. The van der Waals surface area contributed by atoms with Crippen LogP contribution in [0.25, 0.3) is 0 Å². The van der Waals surface area contributed by atoms with Crippen LogP contribution in [0, 0.1) is 0 Å². The van der Waals surface area contributed by atoms with Crippen LogP contribution in [-0.4, -0.2) is 133 Å². The average molecular weight is 817 g/mol. The van der Waals surface area contributed by atoms with E-state index in [0.717, 1.165) is 0 Å². The summed E-state index contributed by atoms with van der Waals surface area (Å²) in [6.45, 7) is 2.16. The monoisotopic (exact) mass is 816 g/mol. The van der Waals surface area contributed by atoms with Gasteiger partial charge in [0.25, 0.3) is 5.91 Å². The van der Waals surface area contributed by atoms with Gasteiger partial charge in [-0.25, -0.2) is 0 Å². The van der Waals surface area contributed by atoms with Crippen molar-refractivity contribution >= 4 is 35.1 Å². The Morgan fingerprint density at radius 3 is 2.46 bits per heavy atom. The summed E-state index contributed by atoms with van der Waals surface area (Å²) in [5, 5.41) is 61.5. The van der Waals surface area contributed by atoms with Crippen LogP contribution in [0.3, 0.4) is 0 Å². The lowest BCUT2D eigenvalue weighted by molar-refractivity contribution is -0.249. The van der Waals surface area contributed by atoms with E-state index in [1.165, 1.54) is 68.6 Å². The number of carbonyl (C=O) groups is 6. The third-order valence-electron chi connectivity index (χ3n) is 11.6. The molecular formula is C41H44N4O14. The highest BCUT2D eigenvalue weighted by Gasteiger charge is 2.51. The number of rotatable bonds is 10. The predicted octanol–water partition coefficient (Wildman–Crippen LogP) is 0.363. The summed E-state index contributed by atoms with van der Waals surface area (Å²) in [6, 6.07) is 4.33. The fourth-order valence-electron chi connectivity index (χ4n) is 8.53. The Morgan fingerprint density at radius 2 is 1.76 bits per heavy atom. The second kappa shape index (κ2) is 16.1. The third kappa shape index (κ3) is 7.31. The molecule has 2 aromatic carbocycles. The normalized spacial score (nSPS) is 26.6. The molecule has 0 spiro atoms. The molecule has 7 N–H and O–H groups in total. The maximum atomic E-state index is 14.0. The molecule has 18 heteroatoms. The molecule has 1 unspecified atom stereocenters. The van der Waals surface area contributed by atoms with Crippen molar-refractivity contribution in [1.29, 1.82) is 0 Å². The largest absolute Gasteiger partial charge is 0.507 e. The zero-order valence-corrected chi connectivity index (χ0v) is 32.3. The van der Waals surface area contributed by atoms with Crippen LogP contribution in [0.15, 0.2) is 42.7 Å². The van der Waals surface area contributed by atoms with Gasteiger partial charge in [-0.3, -0.25) is 33.8 Å². The zero-order chi connectivity index (χ0) is 42.5. The molecule has 3 heterocycles. The summed E-state index contributed by atoms with van der Waals surface area (Å²) < 4.78 is 17.6. The van der Waals surface area contributed by atoms with Crippen LogP contribution in [0.2, 0.25) is 0 Å². The summed E-state index contributed by atoms with van der Waals surface area (Å²) in [4.78, 5) is 86.0. The van der Waals surface area contributed by atoms with Gasteiger partial charge in [0.05, 0.1) is 42.0 Å². The van der Waals surface area contributed by atoms with Gasteiger partial charge in [0.2, 0.25) is 17.6 Å². The molecule has 1 aromatic heterocycles. The highest BCUT2D eigenvalue weighted by Crippen LogP contribution is 2.52. The first kappa shape index (κ1) is 41.4. The number of Topliss-reactive ketones (excluding diaryl/α,β-unsaturated/α-hetero) is 1. The van der Waals surface area contributed by atoms with Gasteiger partial charge in [-0.15, -0.1) is 0 Å². The Balaban J connectivity index is 1.14. The highest BCUT2D eigenvalue weighted by atomic mass is 16.7. The number of aromatic hydroxyl groups is 2. The summed E-state index contributed by atoms with van der Waals surface area (Å²) in [5.41, 5.74) is -3.92. The van der Waals surface area contributed by atoms with Crippen molar-refractivity contribution in [2.75, 3.05) is 20.3 Å². The molecule has 8 atom stereocenters. The topological polar surface area (TPSA) is 271 Å². The molecule has 7 rings (SSSR count). The van der Waals surface area contributed by atoms with Gasteiger partial charge in [-0.05, 0) is 44.9 Å². The van der Waals surface area contributed by atoms with Crippen molar-refractivity contribution < 1.29 is 68.5 Å². The number of pyridine rings is 1. The Kier molecular flexibility index (Phi) is 11.3. The van der Waals surface area contributed by atoms with E-state index in [0.29, 0.717) is 18.4 Å². The minimum absolute atomic E-state index is 0.0439. The fourth-order valence-corrected chi connectivity index (χ4v) is 8.53. The van der Waals surface area contributed by atoms with E-state index >= 15 is 0 Å². The molecule has 4 aliphatic rings. The molecular weight excluding hydrogens is 772 g/mol. The van der Waals surface area contributed by atoms with Crippen LogP contribution < -0.4 is 15.4 Å². The third-order valence-corrected chi connectivity index (χ3v) is 11.6. The molecule has 2 aliphatic carbocycles. The number of benzene rings is 2. The average Bonchev–Trinajstić information content (AvgIpc) is 3.72. The molecule has 0 saturated carbocycles. The number of nitrogens with zero attached hydrogens (tertiary/aromatic N) is 2. The van der Waals surface area contributed by atoms with Crippen LogP contribution in [0.1, 0.15) is 99.0 Å². The van der Waals surface area contributed by atoms with Gasteiger partial charge in [0, 0.05) is 60.5 Å². The van der Waals surface area contributed by atoms with Gasteiger partial charge in [-0.2, -0.15) is 0 Å². The summed E-state index contributed by atoms with van der Waals surface area (Å²) in [5.74, 6) is -5.77. The molecule has 0 bridgehead atoms. The Morgan fingerprint density at radius 1 is 1.05 bits per heavy atom. The lowest BCUT2D eigenvalue weighted by Gasteiger charge is -2.43. The molecule has 2 saturated heterocycles. The first-order valence-electron chi connectivity index (χ1n) is 19.1. The van der Waals surface area contributed by atoms with Gasteiger partial charge in [-0.1, -0.05) is 12.1 Å². The maximum Gasteiger partial charge on any atom is 0.252 e. The number of methoxy groups -OCH3 is 1. The van der Waals surface area contributed by atoms with Crippen molar-refractivity contribution in [3.8, 4) is 17.2 Å². The minimum Gasteiger partial charge on any atom is -0.507 e. The number of aromatic nitrogens is 1. The Labute approximate surface area is 337 Å². The van der Waals surface area contributed by atoms with Crippen molar-refractivity contribution in [1.82, 2.24) is 20.5 Å². The SMILES string of the molecule is COc1cccc2c1C(=O)c1c(O)c3c(c(O)c1C2=O)C[C@@](O)(C(=O)CO)C[C@@H]3O[C@H]1C[C@H](NC(=O)[C@H]2CCCN2C(=O)C(C)NC(=O)c2ccncc2)[C@H](O)[C@H](C)O1. The molecule has 0 radical (unpaired) electrons. The number of aliphatic hydroxyl groups is 3. The van der Waals surface area contributed by atoms with E-state index < -0.39 is 125 Å². The Hall–Kier alpha value is -5.79. The van der Waals surface area contributed by atoms with Crippen LogP contribution in [0.5, 0.6) is 17.2 Å². The second-order valence-electron chi connectivity index (χ2n) is 15.2. The Bertz CT molecular complexity index is 2230. The molecule has 2 fully saturated rings. The van der Waals surface area contributed by atoms with E-state index in [1.54, 1.807) is 0 Å². The maximum absolute atomic E-state index is 14.0. The summed E-state index contributed by atoms with van der Waals surface area (Å²) in [7, 11) is 1.30. The van der Waals surface area contributed by atoms with Crippen LogP contribution in [0.4, 0.5) is 0 Å². The molecule has 312 valence electrons. The van der Waals surface area contributed by atoms with E-state index in [1.807, 2.05) is 0 Å². The molecule has 59 heavy (non-hydrogen) atoms. The van der Waals surface area contributed by atoms with Crippen molar-refractivity contribution in [2.24, 2.45) is 0 Å². The molecule has 3 aromatic rings. The number of amides is 3. The number of carbonyl (C=O) groups excluding carboxylic acids is 6. The number of fused-ring (bicyclic) bond motifs is 3. The number of likely N-dealkylation sites (tertiary alicyclic amines) is 1. The second-order valence-corrected chi connectivity index (χ2v) is 15.2. The van der Waals surface area contributed by atoms with Crippen molar-refractivity contribution in [2.45, 2.75) is 94.3 Å².